The minimum atomic E-state index is -0.0967. The molecule has 2 heterocycles. The summed E-state index contributed by atoms with van der Waals surface area (Å²) in [6.07, 6.45) is 2.31. The van der Waals surface area contributed by atoms with Crippen LogP contribution in [0.5, 0.6) is 0 Å². The molecule has 2 amide bonds. The molecule has 0 fully saturated rings. The number of carbonyl (C=O) groups is 2. The molecule has 0 atom stereocenters. The number of aromatic nitrogens is 1. The summed E-state index contributed by atoms with van der Waals surface area (Å²) in [6.45, 7) is 4.40. The molecule has 3 aromatic rings. The lowest BCUT2D eigenvalue weighted by molar-refractivity contribution is -0.120. The molecule has 7 heteroatoms. The zero-order valence-electron chi connectivity index (χ0n) is 15.9. The number of nitrogens with one attached hydrogen (secondary N) is 2. The fraction of sp³-hybridized carbons (Fsp3) is 0.286. The first-order chi connectivity index (χ1) is 13.5. The highest BCUT2D eigenvalue weighted by Crippen LogP contribution is 2.24. The van der Waals surface area contributed by atoms with Gasteiger partial charge in [0, 0.05) is 23.1 Å². The molecule has 146 valence electrons. The van der Waals surface area contributed by atoms with Crippen molar-refractivity contribution in [2.24, 2.45) is 5.92 Å². The van der Waals surface area contributed by atoms with E-state index < -0.39 is 0 Å². The predicted molar refractivity (Wildman–Crippen MR) is 110 cm³/mol. The van der Waals surface area contributed by atoms with Crippen LogP contribution in [-0.2, 0) is 22.6 Å². The summed E-state index contributed by atoms with van der Waals surface area (Å²) in [4.78, 5) is 28.4. The van der Waals surface area contributed by atoms with Crippen molar-refractivity contribution in [2.75, 3.05) is 5.32 Å². The van der Waals surface area contributed by atoms with E-state index in [-0.39, 0.29) is 18.2 Å². The van der Waals surface area contributed by atoms with Crippen LogP contribution in [0.25, 0.3) is 11.3 Å². The Morgan fingerprint density at radius 1 is 1.14 bits per heavy atom. The second kappa shape index (κ2) is 9.32. The minimum Gasteiger partial charge on any atom is -0.467 e. The molecular formula is C21H23N3O3S. The second-order valence-corrected chi connectivity index (χ2v) is 7.83. The average molecular weight is 398 g/mol. The van der Waals surface area contributed by atoms with Crippen LogP contribution in [0.4, 0.5) is 5.69 Å². The number of benzene rings is 1. The van der Waals surface area contributed by atoms with Crippen molar-refractivity contribution in [3.05, 3.63) is 58.8 Å². The Morgan fingerprint density at radius 3 is 2.61 bits per heavy atom. The maximum Gasteiger partial charge on any atom is 0.227 e. The van der Waals surface area contributed by atoms with Gasteiger partial charge in [0.25, 0.3) is 0 Å². The van der Waals surface area contributed by atoms with Gasteiger partial charge in [0.1, 0.15) is 10.8 Å². The molecule has 3 rings (SSSR count). The van der Waals surface area contributed by atoms with Crippen LogP contribution < -0.4 is 10.6 Å². The Bertz CT molecular complexity index is 915. The molecule has 0 saturated carbocycles. The van der Waals surface area contributed by atoms with Gasteiger partial charge in [0.05, 0.1) is 24.9 Å². The number of carbonyl (C=O) groups excluding carboxylic acids is 2. The molecule has 0 saturated heterocycles. The van der Waals surface area contributed by atoms with Gasteiger partial charge in [-0.05, 0) is 30.2 Å². The van der Waals surface area contributed by atoms with Gasteiger partial charge in [-0.15, -0.1) is 11.3 Å². The van der Waals surface area contributed by atoms with E-state index in [1.165, 1.54) is 11.3 Å². The van der Waals surface area contributed by atoms with Crippen molar-refractivity contribution in [3.63, 3.8) is 0 Å². The number of hydrogen-bond acceptors (Lipinski definition) is 5. The largest absolute Gasteiger partial charge is 0.467 e. The fourth-order valence-electron chi connectivity index (χ4n) is 2.63. The standard InChI is InChI=1S/C21H23N3O3S/c1-14(2)10-20(26)23-16-7-5-15(6-8-16)18-13-28-21(24-18)11-19(25)22-12-17-4-3-9-27-17/h3-9,13-14H,10-12H2,1-2H3,(H,22,25)(H,23,26). The van der Waals surface area contributed by atoms with E-state index in [1.54, 1.807) is 12.3 Å². The molecule has 2 N–H and O–H groups in total. The predicted octanol–water partition coefficient (Wildman–Crippen LogP) is 4.25. The van der Waals surface area contributed by atoms with E-state index in [0.717, 1.165) is 22.0 Å². The zero-order valence-corrected chi connectivity index (χ0v) is 16.7. The average Bonchev–Trinajstić information content (AvgIpc) is 3.32. The summed E-state index contributed by atoms with van der Waals surface area (Å²) in [5, 5.41) is 8.39. The van der Waals surface area contributed by atoms with E-state index >= 15 is 0 Å². The molecule has 0 bridgehead atoms. The number of nitrogens with zero attached hydrogens (tertiary/aromatic N) is 1. The Kier molecular flexibility index (Phi) is 6.60. The summed E-state index contributed by atoms with van der Waals surface area (Å²) in [5.41, 5.74) is 2.53. The molecule has 0 aliphatic carbocycles. The summed E-state index contributed by atoms with van der Waals surface area (Å²) in [6, 6.07) is 11.2. The third kappa shape index (κ3) is 5.79. The van der Waals surface area contributed by atoms with E-state index in [9.17, 15) is 9.59 Å². The quantitative estimate of drug-likeness (QED) is 0.595. The van der Waals surface area contributed by atoms with Crippen molar-refractivity contribution < 1.29 is 14.0 Å². The van der Waals surface area contributed by atoms with Crippen LogP contribution >= 0.6 is 11.3 Å². The molecule has 28 heavy (non-hydrogen) atoms. The third-order valence-corrected chi connectivity index (χ3v) is 4.81. The maximum absolute atomic E-state index is 12.1. The highest BCUT2D eigenvalue weighted by molar-refractivity contribution is 7.10. The van der Waals surface area contributed by atoms with E-state index in [0.29, 0.717) is 24.6 Å². The second-order valence-electron chi connectivity index (χ2n) is 6.88. The number of amides is 2. The highest BCUT2D eigenvalue weighted by atomic mass is 32.1. The topological polar surface area (TPSA) is 84.2 Å². The van der Waals surface area contributed by atoms with Gasteiger partial charge in [0.2, 0.25) is 11.8 Å². The maximum atomic E-state index is 12.1. The monoisotopic (exact) mass is 397 g/mol. The number of furan rings is 1. The molecule has 0 unspecified atom stereocenters. The van der Waals surface area contributed by atoms with E-state index in [4.69, 9.17) is 4.42 Å². The van der Waals surface area contributed by atoms with Gasteiger partial charge in [-0.2, -0.15) is 0 Å². The SMILES string of the molecule is CC(C)CC(=O)Nc1ccc(-c2csc(CC(=O)NCc3ccco3)n2)cc1. The molecule has 0 aliphatic rings. The van der Waals surface area contributed by atoms with Crippen LogP contribution in [0.1, 0.15) is 31.0 Å². The van der Waals surface area contributed by atoms with Crippen LogP contribution in [-0.4, -0.2) is 16.8 Å². The summed E-state index contributed by atoms with van der Waals surface area (Å²) >= 11 is 1.45. The molecule has 6 nitrogen and oxygen atoms in total. The lowest BCUT2D eigenvalue weighted by atomic mass is 10.1. The van der Waals surface area contributed by atoms with Crippen LogP contribution in [0.15, 0.2) is 52.5 Å². The molecule has 1 aromatic carbocycles. The number of hydrogen-bond donors (Lipinski definition) is 2. The van der Waals surface area contributed by atoms with Gasteiger partial charge >= 0.3 is 0 Å². The van der Waals surface area contributed by atoms with Crippen molar-refractivity contribution in [1.82, 2.24) is 10.3 Å². The van der Waals surface area contributed by atoms with Crippen LogP contribution in [0, 0.1) is 5.92 Å². The Hall–Kier alpha value is -2.93. The Labute approximate surface area is 168 Å². The molecule has 2 aromatic heterocycles. The molecule has 0 radical (unpaired) electrons. The molecule has 0 aliphatic heterocycles. The van der Waals surface area contributed by atoms with Gasteiger partial charge < -0.3 is 15.1 Å². The lowest BCUT2D eigenvalue weighted by Gasteiger charge is -2.07. The molecular weight excluding hydrogens is 374 g/mol. The number of rotatable bonds is 8. The molecule has 0 spiro atoms. The smallest absolute Gasteiger partial charge is 0.227 e. The summed E-state index contributed by atoms with van der Waals surface area (Å²) < 4.78 is 5.19. The van der Waals surface area contributed by atoms with Gasteiger partial charge in [-0.25, -0.2) is 4.98 Å². The summed E-state index contributed by atoms with van der Waals surface area (Å²) in [7, 11) is 0. The van der Waals surface area contributed by atoms with Crippen molar-refractivity contribution in [3.8, 4) is 11.3 Å². The van der Waals surface area contributed by atoms with Crippen LogP contribution in [0.3, 0.4) is 0 Å². The minimum absolute atomic E-state index is 0.0132. The Balaban J connectivity index is 1.54. The first kappa shape index (κ1) is 19.8. The van der Waals surface area contributed by atoms with Gasteiger partial charge in [0.15, 0.2) is 0 Å². The van der Waals surface area contributed by atoms with Crippen molar-refractivity contribution in [1.29, 1.82) is 0 Å². The van der Waals surface area contributed by atoms with Gasteiger partial charge in [-0.3, -0.25) is 9.59 Å². The lowest BCUT2D eigenvalue weighted by Crippen LogP contribution is -2.24. The van der Waals surface area contributed by atoms with Crippen LogP contribution in [0.2, 0.25) is 0 Å². The summed E-state index contributed by atoms with van der Waals surface area (Å²) in [5.74, 6) is 0.956. The van der Waals surface area contributed by atoms with Crippen molar-refractivity contribution >= 4 is 28.8 Å². The normalized spacial score (nSPS) is 10.8. The highest BCUT2D eigenvalue weighted by Gasteiger charge is 2.10. The first-order valence-electron chi connectivity index (χ1n) is 9.13. The van der Waals surface area contributed by atoms with E-state index in [1.807, 2.05) is 49.6 Å². The first-order valence-corrected chi connectivity index (χ1v) is 10.0. The number of anilines is 1. The zero-order chi connectivity index (χ0) is 19.9. The Morgan fingerprint density at radius 2 is 1.93 bits per heavy atom. The number of thiazole rings is 1. The third-order valence-electron chi connectivity index (χ3n) is 3.96. The fourth-order valence-corrected chi connectivity index (χ4v) is 3.43. The van der Waals surface area contributed by atoms with Crippen molar-refractivity contribution in [2.45, 2.75) is 33.2 Å². The van der Waals surface area contributed by atoms with Gasteiger partial charge in [-0.1, -0.05) is 26.0 Å². The van der Waals surface area contributed by atoms with E-state index in [2.05, 4.69) is 15.6 Å².